The fraction of sp³-hybridized carbons (Fsp3) is 1.00. The van der Waals surface area contributed by atoms with Gasteiger partial charge in [-0.15, -0.1) is 0 Å². The molecule has 3 saturated heterocycles. The van der Waals surface area contributed by atoms with Gasteiger partial charge in [0.05, 0.1) is 48.8 Å². The molecule has 0 aromatic rings. The van der Waals surface area contributed by atoms with E-state index < -0.39 is 96.8 Å². The molecule has 1 unspecified atom stereocenters. The Kier molecular flexibility index (Phi) is 9.90. The highest BCUT2D eigenvalue weighted by Crippen LogP contribution is 2.89. The van der Waals surface area contributed by atoms with Crippen LogP contribution in [0.4, 0.5) is 0 Å². The van der Waals surface area contributed by atoms with Gasteiger partial charge in [0.15, 0.2) is 12.6 Å². The van der Waals surface area contributed by atoms with Crippen LogP contribution in [0.1, 0.15) is 106 Å². The summed E-state index contributed by atoms with van der Waals surface area (Å²) in [5, 5.41) is 97.2. The third kappa shape index (κ3) is 5.70. The quantitative estimate of drug-likeness (QED) is 0.162. The van der Waals surface area contributed by atoms with E-state index in [0.29, 0.717) is 25.7 Å². The molecule has 14 heteroatoms. The third-order valence-electron chi connectivity index (χ3n) is 17.6. The molecular formula is C41H68O14. The minimum Gasteiger partial charge on any atom is -0.394 e. The first-order valence-electron chi connectivity index (χ1n) is 20.9. The number of hydrogen-bond donors (Lipinski definition) is 9. The molecule has 316 valence electrons. The molecule has 55 heavy (non-hydrogen) atoms. The molecule has 5 saturated carbocycles. The van der Waals surface area contributed by atoms with Crippen LogP contribution < -0.4 is 0 Å². The minimum absolute atomic E-state index is 0.0633. The molecule has 0 bridgehead atoms. The number of ether oxygens (including phenoxy) is 5. The second kappa shape index (κ2) is 13.2. The monoisotopic (exact) mass is 784 g/mol. The molecule has 0 aromatic heterocycles. The summed E-state index contributed by atoms with van der Waals surface area (Å²) in [4.78, 5) is 0. The number of fused-ring (bicyclic) bond motifs is 2. The molecule has 21 atom stereocenters. The summed E-state index contributed by atoms with van der Waals surface area (Å²) in [5.74, 6) is -0.215. The first-order valence-corrected chi connectivity index (χ1v) is 20.9. The number of rotatable bonds is 7. The van der Waals surface area contributed by atoms with Gasteiger partial charge in [0.1, 0.15) is 42.7 Å². The van der Waals surface area contributed by atoms with E-state index in [1.807, 2.05) is 0 Å². The van der Waals surface area contributed by atoms with E-state index in [4.69, 9.17) is 23.7 Å². The fourth-order valence-electron chi connectivity index (χ4n) is 14.9. The first-order chi connectivity index (χ1) is 25.5. The van der Waals surface area contributed by atoms with Crippen LogP contribution in [0.5, 0.6) is 0 Å². The maximum absolute atomic E-state index is 12.2. The third-order valence-corrected chi connectivity index (χ3v) is 17.6. The second-order valence-corrected chi connectivity index (χ2v) is 21.1. The van der Waals surface area contributed by atoms with Gasteiger partial charge in [-0.05, 0) is 117 Å². The summed E-state index contributed by atoms with van der Waals surface area (Å²) in [6.45, 7) is 13.8. The molecular weight excluding hydrogens is 716 g/mol. The maximum Gasteiger partial charge on any atom is 0.186 e. The van der Waals surface area contributed by atoms with Crippen molar-refractivity contribution in [2.75, 3.05) is 13.2 Å². The van der Waals surface area contributed by atoms with Crippen molar-refractivity contribution in [3.05, 3.63) is 0 Å². The van der Waals surface area contributed by atoms with Crippen LogP contribution in [0.2, 0.25) is 0 Å². The zero-order chi connectivity index (χ0) is 40.1. The normalized spacial score (nSPS) is 58.7. The Balaban J connectivity index is 1.15. The average molecular weight is 785 g/mol. The molecule has 2 spiro atoms. The summed E-state index contributed by atoms with van der Waals surface area (Å²) in [7, 11) is 0. The minimum atomic E-state index is -1.60. The van der Waals surface area contributed by atoms with Crippen molar-refractivity contribution in [2.45, 2.75) is 197 Å². The van der Waals surface area contributed by atoms with Gasteiger partial charge in [0, 0.05) is 5.92 Å². The molecule has 0 aromatic carbocycles. The highest BCUT2D eigenvalue weighted by molar-refractivity contribution is 5.33. The van der Waals surface area contributed by atoms with E-state index in [1.165, 1.54) is 0 Å². The van der Waals surface area contributed by atoms with Gasteiger partial charge in [-0.2, -0.15) is 0 Å². The molecule has 14 nitrogen and oxygen atoms in total. The summed E-state index contributed by atoms with van der Waals surface area (Å²) >= 11 is 0. The van der Waals surface area contributed by atoms with Gasteiger partial charge in [0.2, 0.25) is 0 Å². The zero-order valence-electron chi connectivity index (χ0n) is 33.6. The van der Waals surface area contributed by atoms with Crippen molar-refractivity contribution in [1.29, 1.82) is 0 Å². The van der Waals surface area contributed by atoms with Crippen LogP contribution in [-0.2, 0) is 23.7 Å². The smallest absolute Gasteiger partial charge is 0.186 e. The molecule has 3 aliphatic heterocycles. The Labute approximate surface area is 324 Å². The van der Waals surface area contributed by atoms with E-state index in [-0.39, 0.29) is 52.1 Å². The van der Waals surface area contributed by atoms with Crippen molar-refractivity contribution in [3.63, 3.8) is 0 Å². The van der Waals surface area contributed by atoms with Crippen molar-refractivity contribution in [1.82, 2.24) is 0 Å². The van der Waals surface area contributed by atoms with E-state index in [0.717, 1.165) is 32.1 Å². The zero-order valence-corrected chi connectivity index (χ0v) is 33.6. The Hall–Kier alpha value is -0.560. The van der Waals surface area contributed by atoms with Crippen molar-refractivity contribution >= 4 is 0 Å². The van der Waals surface area contributed by atoms with Gasteiger partial charge in [-0.3, -0.25) is 0 Å². The Morgan fingerprint density at radius 1 is 0.709 bits per heavy atom. The van der Waals surface area contributed by atoms with Crippen molar-refractivity contribution < 1.29 is 69.6 Å². The Morgan fingerprint density at radius 2 is 1.40 bits per heavy atom. The number of hydrogen-bond acceptors (Lipinski definition) is 14. The van der Waals surface area contributed by atoms with Crippen LogP contribution in [0.15, 0.2) is 0 Å². The molecule has 8 aliphatic rings. The second-order valence-electron chi connectivity index (χ2n) is 21.1. The maximum atomic E-state index is 12.2. The van der Waals surface area contributed by atoms with Gasteiger partial charge < -0.3 is 69.6 Å². The number of aliphatic hydroxyl groups excluding tert-OH is 8. The lowest BCUT2D eigenvalue weighted by Gasteiger charge is -2.65. The van der Waals surface area contributed by atoms with Gasteiger partial charge in [-0.1, -0.05) is 27.7 Å². The average Bonchev–Trinajstić information content (AvgIpc) is 3.47. The molecule has 5 aliphatic carbocycles. The summed E-state index contributed by atoms with van der Waals surface area (Å²) < 4.78 is 31.9. The van der Waals surface area contributed by atoms with E-state index in [2.05, 4.69) is 34.6 Å². The van der Waals surface area contributed by atoms with E-state index in [9.17, 15) is 46.0 Å². The van der Waals surface area contributed by atoms with Crippen LogP contribution in [0, 0.1) is 44.8 Å². The highest BCUT2D eigenvalue weighted by atomic mass is 16.7. The fourth-order valence-corrected chi connectivity index (χ4v) is 14.9. The summed E-state index contributed by atoms with van der Waals surface area (Å²) in [5.41, 5.74) is -3.16. The van der Waals surface area contributed by atoms with Crippen molar-refractivity contribution in [2.24, 2.45) is 44.8 Å². The van der Waals surface area contributed by atoms with Crippen LogP contribution in [-0.4, -0.2) is 150 Å². The molecule has 3 heterocycles. The lowest BCUT2D eigenvalue weighted by atomic mass is 9.41. The van der Waals surface area contributed by atoms with E-state index >= 15 is 0 Å². The van der Waals surface area contributed by atoms with Crippen molar-refractivity contribution in [3.8, 4) is 0 Å². The molecule has 0 amide bonds. The van der Waals surface area contributed by atoms with Gasteiger partial charge in [-0.25, -0.2) is 0 Å². The predicted octanol–water partition coefficient (Wildman–Crippen LogP) is 0.724. The summed E-state index contributed by atoms with van der Waals surface area (Å²) in [6.07, 6.45) is -7.48. The molecule has 8 rings (SSSR count). The molecule has 9 N–H and O–H groups in total. The largest absolute Gasteiger partial charge is 0.394 e. The lowest BCUT2D eigenvalue weighted by molar-refractivity contribution is -0.339. The molecule has 8 fully saturated rings. The van der Waals surface area contributed by atoms with Gasteiger partial charge in [0.25, 0.3) is 0 Å². The molecule has 0 radical (unpaired) electrons. The predicted molar refractivity (Wildman–Crippen MR) is 194 cm³/mol. The lowest BCUT2D eigenvalue weighted by Crippen LogP contribution is -2.65. The first kappa shape index (κ1) is 41.2. The standard InChI is InChI=1S/C41H68O14/c1-35(2)24(54-33-29(48)26(45)20(44)17-51-33)9-11-41-18-40(41)13-12-37(5)31(39(7)10-8-25(55-39)36(3,4)50)19(43)15-38(37,6)23(40)14-21(32(35)41)52-34-30(49)28(47)27(46)22(16-42)53-34/h19-34,42-50H,8-18H2,1-7H3/t19-,20+,21-,22+,23-,24-,25-,26-,27+,28-,29+,30+,31?,32-,33-,34+,37+,38-,39+,40-,41+/m0/s1. The highest BCUT2D eigenvalue weighted by Gasteiger charge is 2.85. The Bertz CT molecular complexity index is 1460. The topological polar surface area (TPSA) is 228 Å². The van der Waals surface area contributed by atoms with Crippen LogP contribution in [0.25, 0.3) is 0 Å². The SMILES string of the molecule is CC(C)(O)[C@@H]1CC[C@](C)(C2[C@@H](O)C[C@@]3(C)[C@@H]4C[C@H](O[C@@H]5O[C@H](CO)[C@@H](O)[C@H](O)[C@H]5O)[C@H]5C(C)(C)[C@@H](O[C@@H]6OC[C@@H](O)[C@H](O)[C@H]6O)CC[C@@]56C[C@@]46CC[C@]23C)O1. The van der Waals surface area contributed by atoms with Crippen LogP contribution in [0.3, 0.4) is 0 Å². The summed E-state index contributed by atoms with van der Waals surface area (Å²) in [6, 6.07) is 0. The van der Waals surface area contributed by atoms with Crippen LogP contribution >= 0.6 is 0 Å². The Morgan fingerprint density at radius 3 is 2.05 bits per heavy atom. The number of aliphatic hydroxyl groups is 9. The van der Waals surface area contributed by atoms with E-state index in [1.54, 1.807) is 13.8 Å². The van der Waals surface area contributed by atoms with Gasteiger partial charge >= 0.3 is 0 Å².